The molecule has 0 bridgehead atoms. The summed E-state index contributed by atoms with van der Waals surface area (Å²) in [5.41, 5.74) is 0.428. The van der Waals surface area contributed by atoms with Crippen LogP contribution in [-0.2, 0) is 4.79 Å². The number of furan rings is 1. The molecule has 6 heteroatoms. The molecule has 0 unspecified atom stereocenters. The highest BCUT2D eigenvalue weighted by molar-refractivity contribution is 5.97. The van der Waals surface area contributed by atoms with Gasteiger partial charge in [0.1, 0.15) is 11.5 Å². The van der Waals surface area contributed by atoms with Crippen LogP contribution in [0.3, 0.4) is 0 Å². The summed E-state index contributed by atoms with van der Waals surface area (Å²) in [6.07, 6.45) is 0. The Bertz CT molecular complexity index is 412. The molecule has 0 atom stereocenters. The van der Waals surface area contributed by atoms with Crippen LogP contribution in [0.2, 0.25) is 0 Å². The minimum Gasteiger partial charge on any atom is -0.466 e. The number of aryl methyl sites for hydroxylation is 2. The van der Waals surface area contributed by atoms with E-state index in [0.717, 1.165) is 0 Å². The standard InChI is InChI=1S/C11H16N2O4/c1-7-5-9(8(2)17-7)11(16)13-6-10(15)12-3-4-14/h5,14H,3-4,6H2,1-2H3,(H,12,15)(H,13,16). The maximum Gasteiger partial charge on any atom is 0.255 e. The Kier molecular flexibility index (Phi) is 4.71. The van der Waals surface area contributed by atoms with E-state index in [9.17, 15) is 9.59 Å². The summed E-state index contributed by atoms with van der Waals surface area (Å²) in [4.78, 5) is 22.8. The molecule has 1 heterocycles. The normalized spacial score (nSPS) is 10.1. The average molecular weight is 240 g/mol. The van der Waals surface area contributed by atoms with Crippen LogP contribution in [0.25, 0.3) is 0 Å². The van der Waals surface area contributed by atoms with E-state index in [1.54, 1.807) is 19.9 Å². The lowest BCUT2D eigenvalue weighted by atomic mass is 10.2. The van der Waals surface area contributed by atoms with E-state index in [2.05, 4.69) is 10.6 Å². The lowest BCUT2D eigenvalue weighted by Crippen LogP contribution is -2.38. The van der Waals surface area contributed by atoms with Gasteiger partial charge in [0.05, 0.1) is 18.7 Å². The molecule has 0 aliphatic heterocycles. The van der Waals surface area contributed by atoms with Crippen molar-refractivity contribution >= 4 is 11.8 Å². The van der Waals surface area contributed by atoms with Gasteiger partial charge in [-0.15, -0.1) is 0 Å². The van der Waals surface area contributed by atoms with Gasteiger partial charge in [0.25, 0.3) is 5.91 Å². The summed E-state index contributed by atoms with van der Waals surface area (Å²) in [6.45, 7) is 3.37. The number of carbonyl (C=O) groups is 2. The second-order valence-electron chi connectivity index (χ2n) is 3.58. The second-order valence-corrected chi connectivity index (χ2v) is 3.58. The highest BCUT2D eigenvalue weighted by Crippen LogP contribution is 2.12. The molecule has 0 fully saturated rings. The van der Waals surface area contributed by atoms with Crippen LogP contribution >= 0.6 is 0 Å². The molecule has 0 aliphatic carbocycles. The molecule has 1 aromatic heterocycles. The maximum atomic E-state index is 11.7. The fraction of sp³-hybridized carbons (Fsp3) is 0.455. The Morgan fingerprint density at radius 1 is 1.35 bits per heavy atom. The van der Waals surface area contributed by atoms with Gasteiger partial charge in [-0.25, -0.2) is 0 Å². The van der Waals surface area contributed by atoms with Crippen molar-refractivity contribution in [2.75, 3.05) is 19.7 Å². The molecule has 6 nitrogen and oxygen atoms in total. The Balaban J connectivity index is 2.45. The van der Waals surface area contributed by atoms with Gasteiger partial charge >= 0.3 is 0 Å². The lowest BCUT2D eigenvalue weighted by Gasteiger charge is -2.04. The highest BCUT2D eigenvalue weighted by Gasteiger charge is 2.13. The first-order chi connectivity index (χ1) is 8.04. The molecule has 0 saturated carbocycles. The molecule has 0 aromatic carbocycles. The number of aliphatic hydroxyl groups is 1. The number of aliphatic hydroxyl groups excluding tert-OH is 1. The molecule has 1 aromatic rings. The third-order valence-electron chi connectivity index (χ3n) is 2.13. The third-order valence-corrected chi connectivity index (χ3v) is 2.13. The first-order valence-corrected chi connectivity index (χ1v) is 5.27. The van der Waals surface area contributed by atoms with Crippen molar-refractivity contribution in [1.29, 1.82) is 0 Å². The minimum absolute atomic E-state index is 0.123. The monoisotopic (exact) mass is 240 g/mol. The van der Waals surface area contributed by atoms with E-state index in [4.69, 9.17) is 9.52 Å². The van der Waals surface area contributed by atoms with Crippen molar-refractivity contribution < 1.29 is 19.1 Å². The smallest absolute Gasteiger partial charge is 0.255 e. The largest absolute Gasteiger partial charge is 0.466 e. The van der Waals surface area contributed by atoms with E-state index in [-0.39, 0.29) is 31.5 Å². The lowest BCUT2D eigenvalue weighted by molar-refractivity contribution is -0.120. The molecule has 0 spiro atoms. The molecule has 1 rings (SSSR count). The molecule has 0 aliphatic rings. The van der Waals surface area contributed by atoms with Gasteiger partial charge in [0, 0.05) is 6.54 Å². The predicted molar refractivity (Wildman–Crippen MR) is 60.6 cm³/mol. The van der Waals surface area contributed by atoms with Crippen molar-refractivity contribution in [3.05, 3.63) is 23.2 Å². The molecule has 94 valence electrons. The van der Waals surface area contributed by atoms with E-state index >= 15 is 0 Å². The predicted octanol–water partition coefficient (Wildman–Crippen LogP) is -0.265. The number of nitrogens with one attached hydrogen (secondary N) is 2. The quantitative estimate of drug-likeness (QED) is 0.661. The Morgan fingerprint density at radius 2 is 2.06 bits per heavy atom. The van der Waals surface area contributed by atoms with Crippen molar-refractivity contribution in [2.24, 2.45) is 0 Å². The van der Waals surface area contributed by atoms with Gasteiger partial charge in [-0.2, -0.15) is 0 Å². The molecular weight excluding hydrogens is 224 g/mol. The zero-order valence-electron chi connectivity index (χ0n) is 9.87. The fourth-order valence-corrected chi connectivity index (χ4v) is 1.37. The summed E-state index contributed by atoms with van der Waals surface area (Å²) < 4.78 is 5.21. The maximum absolute atomic E-state index is 11.7. The second kappa shape index (κ2) is 6.05. The summed E-state index contributed by atoms with van der Waals surface area (Å²) >= 11 is 0. The van der Waals surface area contributed by atoms with E-state index in [1.807, 2.05) is 0 Å². The first kappa shape index (κ1) is 13.2. The number of carbonyl (C=O) groups excluding carboxylic acids is 2. The van der Waals surface area contributed by atoms with E-state index < -0.39 is 0 Å². The van der Waals surface area contributed by atoms with E-state index in [1.165, 1.54) is 0 Å². The Hall–Kier alpha value is -1.82. The number of amides is 2. The van der Waals surface area contributed by atoms with Crippen molar-refractivity contribution in [3.8, 4) is 0 Å². The molecular formula is C11H16N2O4. The van der Waals surface area contributed by atoms with Gasteiger partial charge in [-0.05, 0) is 19.9 Å². The van der Waals surface area contributed by atoms with Crippen molar-refractivity contribution in [3.63, 3.8) is 0 Å². The average Bonchev–Trinajstić information content (AvgIpc) is 2.62. The summed E-state index contributed by atoms with van der Waals surface area (Å²) in [5.74, 6) is 0.483. The molecule has 0 radical (unpaired) electrons. The zero-order chi connectivity index (χ0) is 12.8. The topological polar surface area (TPSA) is 91.6 Å². The van der Waals surface area contributed by atoms with Gasteiger partial charge in [-0.3, -0.25) is 9.59 Å². The fourth-order valence-electron chi connectivity index (χ4n) is 1.37. The van der Waals surface area contributed by atoms with Crippen LogP contribution in [0.15, 0.2) is 10.5 Å². The van der Waals surface area contributed by atoms with Gasteiger partial charge in [0.15, 0.2) is 0 Å². The first-order valence-electron chi connectivity index (χ1n) is 5.27. The summed E-state index contributed by atoms with van der Waals surface area (Å²) in [6, 6.07) is 1.62. The van der Waals surface area contributed by atoms with Crippen LogP contribution in [0.5, 0.6) is 0 Å². The van der Waals surface area contributed by atoms with Crippen molar-refractivity contribution in [1.82, 2.24) is 10.6 Å². The number of rotatable bonds is 5. The van der Waals surface area contributed by atoms with Gasteiger partial charge in [-0.1, -0.05) is 0 Å². The molecule has 17 heavy (non-hydrogen) atoms. The molecule has 2 amide bonds. The Labute approximate surface area is 99.0 Å². The zero-order valence-corrected chi connectivity index (χ0v) is 9.87. The number of hydrogen-bond acceptors (Lipinski definition) is 4. The van der Waals surface area contributed by atoms with Crippen LogP contribution in [0, 0.1) is 13.8 Å². The van der Waals surface area contributed by atoms with Crippen LogP contribution in [-0.4, -0.2) is 36.6 Å². The molecule has 3 N–H and O–H groups in total. The van der Waals surface area contributed by atoms with Gasteiger partial charge in [0.2, 0.25) is 5.91 Å². The number of hydrogen-bond donors (Lipinski definition) is 3. The highest BCUT2D eigenvalue weighted by atomic mass is 16.3. The van der Waals surface area contributed by atoms with Crippen LogP contribution < -0.4 is 10.6 Å². The molecule has 0 saturated heterocycles. The SMILES string of the molecule is Cc1cc(C(=O)NCC(=O)NCCO)c(C)o1. The van der Waals surface area contributed by atoms with Crippen LogP contribution in [0.1, 0.15) is 21.9 Å². The van der Waals surface area contributed by atoms with E-state index in [0.29, 0.717) is 17.1 Å². The third kappa shape index (κ3) is 3.92. The minimum atomic E-state index is -0.349. The summed E-state index contributed by atoms with van der Waals surface area (Å²) in [5, 5.41) is 13.4. The Morgan fingerprint density at radius 3 is 2.59 bits per heavy atom. The van der Waals surface area contributed by atoms with Crippen molar-refractivity contribution in [2.45, 2.75) is 13.8 Å². The summed E-state index contributed by atoms with van der Waals surface area (Å²) in [7, 11) is 0. The van der Waals surface area contributed by atoms with Gasteiger partial charge < -0.3 is 20.2 Å². The van der Waals surface area contributed by atoms with Crippen LogP contribution in [0.4, 0.5) is 0 Å².